The van der Waals surface area contributed by atoms with Crippen molar-refractivity contribution in [2.24, 2.45) is 0 Å². The van der Waals surface area contributed by atoms with E-state index < -0.39 is 0 Å². The average molecular weight is 666 g/mol. The number of para-hydroxylation sites is 5. The quantitative estimate of drug-likeness (QED) is 0.184. The highest BCUT2D eigenvalue weighted by Gasteiger charge is 2.30. The second-order valence-corrected chi connectivity index (χ2v) is 12.9. The van der Waals surface area contributed by atoms with E-state index in [1.54, 1.807) is 0 Å². The molecule has 0 atom stereocenters. The van der Waals surface area contributed by atoms with E-state index in [0.29, 0.717) is 5.82 Å². The fourth-order valence-corrected chi connectivity index (χ4v) is 7.34. The monoisotopic (exact) mass is 665 g/mol. The standard InChI is InChI=1S/C47H31N5/c1-3-15-32(16-4-1)33-27-29-34(30-28-33)40-31-41(49-46(48-40)35-17-5-2-6-18-35)38-21-9-13-25-44(38)51-42-23-11-7-19-36(42)37-20-8-12-24-43(37)52-45-26-14-10-22-39(45)50-47(51)52/h1-31H. The Kier molecular flexibility index (Phi) is 7.07. The molecule has 0 unspecified atom stereocenters. The number of hydrogen-bond donors (Lipinski definition) is 0. The zero-order chi connectivity index (χ0) is 34.4. The second kappa shape index (κ2) is 12.3. The molecule has 0 amide bonds. The van der Waals surface area contributed by atoms with Crippen molar-refractivity contribution in [3.05, 3.63) is 188 Å². The van der Waals surface area contributed by atoms with Crippen LogP contribution >= 0.6 is 0 Å². The first-order valence-corrected chi connectivity index (χ1v) is 17.5. The van der Waals surface area contributed by atoms with Gasteiger partial charge in [-0.1, -0.05) is 152 Å². The minimum absolute atomic E-state index is 0.672. The molecule has 0 spiro atoms. The predicted molar refractivity (Wildman–Crippen MR) is 212 cm³/mol. The Hall–Kier alpha value is -7.11. The van der Waals surface area contributed by atoms with Crippen molar-refractivity contribution in [1.82, 2.24) is 19.5 Å². The van der Waals surface area contributed by atoms with Crippen molar-refractivity contribution in [3.63, 3.8) is 0 Å². The van der Waals surface area contributed by atoms with Crippen LogP contribution in [0.25, 0.3) is 72.9 Å². The number of aromatic nitrogens is 4. The molecule has 0 aliphatic carbocycles. The van der Waals surface area contributed by atoms with Gasteiger partial charge in [-0.25, -0.2) is 15.0 Å². The largest absolute Gasteiger partial charge is 0.279 e. The second-order valence-electron chi connectivity index (χ2n) is 12.9. The Morgan fingerprint density at radius 3 is 1.58 bits per heavy atom. The maximum absolute atomic E-state index is 5.32. The molecule has 0 N–H and O–H groups in total. The third-order valence-electron chi connectivity index (χ3n) is 9.79. The number of benzene rings is 7. The lowest BCUT2D eigenvalue weighted by Gasteiger charge is -2.26. The van der Waals surface area contributed by atoms with Crippen LogP contribution in [0.15, 0.2) is 188 Å². The van der Waals surface area contributed by atoms with E-state index >= 15 is 0 Å². The van der Waals surface area contributed by atoms with E-state index in [0.717, 1.165) is 78.8 Å². The molecule has 3 heterocycles. The van der Waals surface area contributed by atoms with Crippen LogP contribution < -0.4 is 4.90 Å². The lowest BCUT2D eigenvalue weighted by molar-refractivity contribution is 1.05. The van der Waals surface area contributed by atoms with Gasteiger partial charge in [0.2, 0.25) is 5.95 Å². The first-order valence-electron chi connectivity index (χ1n) is 17.5. The summed E-state index contributed by atoms with van der Waals surface area (Å²) in [5.74, 6) is 1.49. The van der Waals surface area contributed by atoms with Crippen molar-refractivity contribution in [2.45, 2.75) is 0 Å². The van der Waals surface area contributed by atoms with Crippen molar-refractivity contribution in [3.8, 4) is 61.8 Å². The van der Waals surface area contributed by atoms with Crippen molar-refractivity contribution in [2.75, 3.05) is 4.90 Å². The summed E-state index contributed by atoms with van der Waals surface area (Å²) >= 11 is 0. The van der Waals surface area contributed by atoms with Crippen LogP contribution in [0.1, 0.15) is 0 Å². The summed E-state index contributed by atoms with van der Waals surface area (Å²) in [7, 11) is 0. The highest BCUT2D eigenvalue weighted by Crippen LogP contribution is 2.49. The van der Waals surface area contributed by atoms with Gasteiger partial charge in [-0.15, -0.1) is 0 Å². The SMILES string of the molecule is c1ccc(-c2ccc(-c3cc(-c4ccccc4N4c5ccccc5-c5ccccc5-n5c4nc4ccccc45)nc(-c4ccccc4)n3)cc2)cc1. The molecule has 0 bridgehead atoms. The average Bonchev–Trinajstić information content (AvgIpc) is 3.55. The van der Waals surface area contributed by atoms with Gasteiger partial charge in [0.25, 0.3) is 0 Å². The third kappa shape index (κ3) is 4.98. The van der Waals surface area contributed by atoms with Gasteiger partial charge in [0.05, 0.1) is 39.5 Å². The molecule has 0 saturated carbocycles. The number of hydrogen-bond acceptors (Lipinski definition) is 4. The summed E-state index contributed by atoms with van der Waals surface area (Å²) in [6.07, 6.45) is 0. The zero-order valence-electron chi connectivity index (χ0n) is 28.1. The van der Waals surface area contributed by atoms with E-state index in [1.807, 2.05) is 30.3 Å². The highest BCUT2D eigenvalue weighted by atomic mass is 15.3. The summed E-state index contributed by atoms with van der Waals surface area (Å²) in [5, 5.41) is 0. The van der Waals surface area contributed by atoms with Crippen molar-refractivity contribution < 1.29 is 0 Å². The minimum Gasteiger partial charge on any atom is -0.279 e. The van der Waals surface area contributed by atoms with Gasteiger partial charge >= 0.3 is 0 Å². The fourth-order valence-electron chi connectivity index (χ4n) is 7.34. The van der Waals surface area contributed by atoms with Crippen LogP contribution in [-0.2, 0) is 0 Å². The summed E-state index contributed by atoms with van der Waals surface area (Å²) in [6, 6.07) is 65.5. The molecule has 9 aromatic rings. The predicted octanol–water partition coefficient (Wildman–Crippen LogP) is 11.9. The number of imidazole rings is 1. The van der Waals surface area contributed by atoms with Crippen molar-refractivity contribution in [1.29, 1.82) is 0 Å². The molecule has 244 valence electrons. The highest BCUT2D eigenvalue weighted by molar-refractivity contribution is 5.99. The van der Waals surface area contributed by atoms with E-state index in [4.69, 9.17) is 15.0 Å². The molecule has 7 aromatic carbocycles. The lowest BCUT2D eigenvalue weighted by atomic mass is 9.99. The number of anilines is 3. The van der Waals surface area contributed by atoms with Gasteiger partial charge in [0.15, 0.2) is 5.82 Å². The van der Waals surface area contributed by atoms with Gasteiger partial charge in [-0.05, 0) is 47.5 Å². The van der Waals surface area contributed by atoms with Crippen LogP contribution in [0.4, 0.5) is 17.3 Å². The zero-order valence-corrected chi connectivity index (χ0v) is 28.1. The molecule has 5 nitrogen and oxygen atoms in total. The molecule has 1 aliphatic heterocycles. The molecule has 10 rings (SSSR count). The van der Waals surface area contributed by atoms with Crippen LogP contribution in [0, 0.1) is 0 Å². The molecular formula is C47H31N5. The van der Waals surface area contributed by atoms with Gasteiger partial charge in [-0.2, -0.15) is 0 Å². The first kappa shape index (κ1) is 29.8. The topological polar surface area (TPSA) is 46.8 Å². The molecule has 52 heavy (non-hydrogen) atoms. The first-order chi connectivity index (χ1) is 25.8. The summed E-state index contributed by atoms with van der Waals surface area (Å²) < 4.78 is 2.29. The number of rotatable bonds is 5. The Bertz CT molecular complexity index is 2730. The van der Waals surface area contributed by atoms with E-state index in [2.05, 4.69) is 167 Å². The van der Waals surface area contributed by atoms with Gasteiger partial charge in [0.1, 0.15) is 0 Å². The van der Waals surface area contributed by atoms with Gasteiger partial charge in [-0.3, -0.25) is 9.47 Å². The molecule has 2 aromatic heterocycles. The smallest absolute Gasteiger partial charge is 0.220 e. The van der Waals surface area contributed by atoms with Gasteiger partial charge in [0, 0.05) is 27.8 Å². The van der Waals surface area contributed by atoms with Crippen molar-refractivity contribution >= 4 is 28.4 Å². The summed E-state index contributed by atoms with van der Waals surface area (Å²) in [4.78, 5) is 18.0. The summed E-state index contributed by atoms with van der Waals surface area (Å²) in [6.45, 7) is 0. The number of nitrogens with zero attached hydrogens (tertiary/aromatic N) is 5. The molecular weight excluding hydrogens is 635 g/mol. The molecule has 0 saturated heterocycles. The maximum atomic E-state index is 5.32. The van der Waals surface area contributed by atoms with Crippen LogP contribution in [0.3, 0.4) is 0 Å². The van der Waals surface area contributed by atoms with E-state index in [-0.39, 0.29) is 0 Å². The van der Waals surface area contributed by atoms with Crippen LogP contribution in [0.5, 0.6) is 0 Å². The molecule has 1 aliphatic rings. The molecule has 5 heteroatoms. The molecule has 0 radical (unpaired) electrons. The van der Waals surface area contributed by atoms with Gasteiger partial charge < -0.3 is 0 Å². The Labute approximate surface area is 301 Å². The Morgan fingerprint density at radius 1 is 0.346 bits per heavy atom. The Morgan fingerprint density at radius 2 is 0.846 bits per heavy atom. The maximum Gasteiger partial charge on any atom is 0.220 e. The fraction of sp³-hybridized carbons (Fsp3) is 0. The van der Waals surface area contributed by atoms with E-state index in [1.165, 1.54) is 5.56 Å². The number of fused-ring (bicyclic) bond motifs is 7. The third-order valence-corrected chi connectivity index (χ3v) is 9.79. The normalized spacial score (nSPS) is 11.8. The minimum atomic E-state index is 0.672. The van der Waals surface area contributed by atoms with E-state index in [9.17, 15) is 0 Å². The van der Waals surface area contributed by atoms with Crippen LogP contribution in [-0.4, -0.2) is 19.5 Å². The van der Waals surface area contributed by atoms with Crippen LogP contribution in [0.2, 0.25) is 0 Å². The lowest BCUT2D eigenvalue weighted by Crippen LogP contribution is -2.15. The molecule has 0 fully saturated rings. The summed E-state index contributed by atoms with van der Waals surface area (Å²) in [5.41, 5.74) is 14.4. The Balaban J connectivity index is 1.20.